The molecule has 1 aliphatic rings. The second kappa shape index (κ2) is 5.06. The zero-order valence-corrected chi connectivity index (χ0v) is 9.26. The average molecular weight is 222 g/mol. The van der Waals surface area contributed by atoms with Crippen LogP contribution in [0.3, 0.4) is 0 Å². The number of hydrogen-bond donors (Lipinski definition) is 2. The van der Waals surface area contributed by atoms with Crippen LogP contribution in [0.25, 0.3) is 0 Å². The Balaban J connectivity index is 2.70. The highest BCUT2D eigenvalue weighted by Crippen LogP contribution is 2.14. The summed E-state index contributed by atoms with van der Waals surface area (Å²) in [7, 11) is -3.20. The summed E-state index contributed by atoms with van der Waals surface area (Å²) >= 11 is 0. The summed E-state index contributed by atoms with van der Waals surface area (Å²) in [5, 5.41) is 11.5. The van der Waals surface area contributed by atoms with Crippen molar-refractivity contribution in [1.82, 2.24) is 9.62 Å². The number of aliphatic hydroxyl groups is 1. The van der Waals surface area contributed by atoms with Gasteiger partial charge in [0.2, 0.25) is 10.0 Å². The van der Waals surface area contributed by atoms with Gasteiger partial charge in [0.1, 0.15) is 0 Å². The van der Waals surface area contributed by atoms with Gasteiger partial charge in [0, 0.05) is 19.6 Å². The molecule has 1 unspecified atom stereocenters. The molecule has 0 aromatic carbocycles. The van der Waals surface area contributed by atoms with Gasteiger partial charge in [0.05, 0.1) is 11.9 Å². The Hall–Kier alpha value is -0.170. The maximum Gasteiger partial charge on any atom is 0.218 e. The molecule has 6 heteroatoms. The third-order valence-corrected chi connectivity index (χ3v) is 4.90. The van der Waals surface area contributed by atoms with Crippen LogP contribution in [0.15, 0.2) is 0 Å². The fraction of sp³-hybridized carbons (Fsp3) is 1.00. The molecule has 0 aromatic heterocycles. The molecule has 5 nitrogen and oxygen atoms in total. The summed E-state index contributed by atoms with van der Waals surface area (Å²) < 4.78 is 25.2. The van der Waals surface area contributed by atoms with E-state index in [1.165, 1.54) is 4.31 Å². The van der Waals surface area contributed by atoms with Crippen LogP contribution in [0.1, 0.15) is 13.3 Å². The molecule has 1 rings (SSSR count). The predicted molar refractivity (Wildman–Crippen MR) is 54.5 cm³/mol. The fourth-order valence-corrected chi connectivity index (χ4v) is 3.53. The highest BCUT2D eigenvalue weighted by atomic mass is 32.2. The molecular weight excluding hydrogens is 204 g/mol. The summed E-state index contributed by atoms with van der Waals surface area (Å²) in [5.41, 5.74) is 0. The highest BCUT2D eigenvalue weighted by Gasteiger charge is 2.32. The van der Waals surface area contributed by atoms with E-state index in [9.17, 15) is 8.42 Å². The van der Waals surface area contributed by atoms with Crippen molar-refractivity contribution in [3.05, 3.63) is 0 Å². The lowest BCUT2D eigenvalue weighted by Crippen LogP contribution is -2.41. The summed E-state index contributed by atoms with van der Waals surface area (Å²) in [4.78, 5) is 0. The van der Waals surface area contributed by atoms with E-state index in [0.717, 1.165) is 6.54 Å². The number of nitrogens with zero attached hydrogens (tertiary/aromatic N) is 1. The zero-order chi connectivity index (χ0) is 10.6. The normalized spacial score (nSPS) is 23.2. The van der Waals surface area contributed by atoms with E-state index in [1.54, 1.807) is 6.92 Å². The monoisotopic (exact) mass is 222 g/mol. The predicted octanol–water partition coefficient (Wildman–Crippen LogP) is -1.01. The van der Waals surface area contributed by atoms with Crippen LogP contribution in [-0.4, -0.2) is 55.9 Å². The third kappa shape index (κ3) is 2.44. The zero-order valence-electron chi connectivity index (χ0n) is 8.44. The number of nitrogens with one attached hydrogen (secondary N) is 1. The van der Waals surface area contributed by atoms with Crippen molar-refractivity contribution < 1.29 is 13.5 Å². The van der Waals surface area contributed by atoms with Crippen LogP contribution >= 0.6 is 0 Å². The Morgan fingerprint density at radius 3 is 2.71 bits per heavy atom. The third-order valence-electron chi connectivity index (χ3n) is 2.50. The standard InChI is InChI=1S/C8H18N2O3S/c1-2-10(5-6-11)14(12,13)8-3-4-9-7-8/h8-9,11H,2-7H2,1H3. The molecule has 1 atom stereocenters. The van der Waals surface area contributed by atoms with Crippen LogP contribution in [-0.2, 0) is 10.0 Å². The SMILES string of the molecule is CCN(CCO)S(=O)(=O)C1CCNC1. The summed E-state index contributed by atoms with van der Waals surface area (Å²) in [5.74, 6) is 0. The van der Waals surface area contributed by atoms with Gasteiger partial charge in [-0.3, -0.25) is 0 Å². The molecule has 84 valence electrons. The minimum Gasteiger partial charge on any atom is -0.395 e. The van der Waals surface area contributed by atoms with Crippen molar-refractivity contribution in [3.63, 3.8) is 0 Å². The van der Waals surface area contributed by atoms with Crippen LogP contribution < -0.4 is 5.32 Å². The smallest absolute Gasteiger partial charge is 0.218 e. The van der Waals surface area contributed by atoms with Gasteiger partial charge in [0.15, 0.2) is 0 Å². The molecule has 1 fully saturated rings. The number of hydrogen-bond acceptors (Lipinski definition) is 4. The van der Waals surface area contributed by atoms with E-state index < -0.39 is 10.0 Å². The molecule has 2 N–H and O–H groups in total. The topological polar surface area (TPSA) is 69.6 Å². The second-order valence-corrected chi connectivity index (χ2v) is 5.59. The molecule has 14 heavy (non-hydrogen) atoms. The van der Waals surface area contributed by atoms with Crippen LogP contribution in [0.5, 0.6) is 0 Å². The highest BCUT2D eigenvalue weighted by molar-refractivity contribution is 7.89. The lowest BCUT2D eigenvalue weighted by molar-refractivity contribution is 0.256. The van der Waals surface area contributed by atoms with E-state index in [4.69, 9.17) is 5.11 Å². The maximum atomic E-state index is 11.9. The Morgan fingerprint density at radius 1 is 1.57 bits per heavy atom. The molecule has 0 aromatic rings. The first kappa shape index (κ1) is 11.9. The van der Waals surface area contributed by atoms with Crippen molar-refractivity contribution in [2.45, 2.75) is 18.6 Å². The van der Waals surface area contributed by atoms with Gasteiger partial charge in [-0.2, -0.15) is 4.31 Å². The van der Waals surface area contributed by atoms with Gasteiger partial charge < -0.3 is 10.4 Å². The van der Waals surface area contributed by atoms with Crippen molar-refractivity contribution in [3.8, 4) is 0 Å². The van der Waals surface area contributed by atoms with E-state index in [1.807, 2.05) is 0 Å². The van der Waals surface area contributed by atoms with Crippen LogP contribution in [0, 0.1) is 0 Å². The van der Waals surface area contributed by atoms with E-state index in [-0.39, 0.29) is 18.4 Å². The van der Waals surface area contributed by atoms with Crippen molar-refractivity contribution in [1.29, 1.82) is 0 Å². The van der Waals surface area contributed by atoms with E-state index in [0.29, 0.717) is 19.5 Å². The van der Waals surface area contributed by atoms with E-state index >= 15 is 0 Å². The Bertz CT molecular complexity index is 260. The number of aliphatic hydroxyl groups excluding tert-OH is 1. The summed E-state index contributed by atoms with van der Waals surface area (Å²) in [6.07, 6.45) is 0.671. The Morgan fingerprint density at radius 2 is 2.29 bits per heavy atom. The van der Waals surface area contributed by atoms with Gasteiger partial charge in [-0.25, -0.2) is 8.42 Å². The van der Waals surface area contributed by atoms with Crippen LogP contribution in [0.2, 0.25) is 0 Å². The first-order valence-corrected chi connectivity index (χ1v) is 6.43. The molecule has 0 aliphatic carbocycles. The van der Waals surface area contributed by atoms with Gasteiger partial charge in [-0.05, 0) is 13.0 Å². The maximum absolute atomic E-state index is 11.9. The number of likely N-dealkylation sites (N-methyl/N-ethyl adjacent to an activating group) is 1. The number of rotatable bonds is 5. The largest absolute Gasteiger partial charge is 0.395 e. The molecular formula is C8H18N2O3S. The summed E-state index contributed by atoms with van der Waals surface area (Å²) in [6.45, 7) is 3.60. The van der Waals surface area contributed by atoms with Gasteiger partial charge in [0.25, 0.3) is 0 Å². The molecule has 0 radical (unpaired) electrons. The minimum atomic E-state index is -3.20. The molecule has 1 saturated heterocycles. The molecule has 0 saturated carbocycles. The first-order chi connectivity index (χ1) is 6.62. The fourth-order valence-electron chi connectivity index (χ4n) is 1.67. The quantitative estimate of drug-likeness (QED) is 0.625. The molecule has 1 aliphatic heterocycles. The van der Waals surface area contributed by atoms with Crippen molar-refractivity contribution in [2.75, 3.05) is 32.8 Å². The lowest BCUT2D eigenvalue weighted by atomic mass is 10.4. The summed E-state index contributed by atoms with van der Waals surface area (Å²) in [6, 6.07) is 0. The number of sulfonamides is 1. The molecule has 1 heterocycles. The molecule has 0 amide bonds. The van der Waals surface area contributed by atoms with Crippen molar-refractivity contribution >= 4 is 10.0 Å². The average Bonchev–Trinajstić information content (AvgIpc) is 2.66. The molecule has 0 bridgehead atoms. The lowest BCUT2D eigenvalue weighted by Gasteiger charge is -2.22. The molecule has 0 spiro atoms. The first-order valence-electron chi connectivity index (χ1n) is 4.93. The van der Waals surface area contributed by atoms with E-state index in [2.05, 4.69) is 5.32 Å². The Kier molecular flexibility index (Phi) is 4.31. The minimum absolute atomic E-state index is 0.118. The van der Waals surface area contributed by atoms with Crippen LogP contribution in [0.4, 0.5) is 0 Å². The van der Waals surface area contributed by atoms with Crippen molar-refractivity contribution in [2.24, 2.45) is 0 Å². The van der Waals surface area contributed by atoms with Gasteiger partial charge in [-0.1, -0.05) is 6.92 Å². The second-order valence-electron chi connectivity index (χ2n) is 3.38. The Labute approximate surface area is 85.2 Å². The van der Waals surface area contributed by atoms with Gasteiger partial charge in [-0.15, -0.1) is 0 Å². The van der Waals surface area contributed by atoms with Gasteiger partial charge >= 0.3 is 0 Å².